The van der Waals surface area contributed by atoms with Crippen molar-refractivity contribution in [3.63, 3.8) is 0 Å². The van der Waals surface area contributed by atoms with E-state index >= 15 is 0 Å². The van der Waals surface area contributed by atoms with Crippen molar-refractivity contribution in [3.8, 4) is 0 Å². The van der Waals surface area contributed by atoms with E-state index in [-0.39, 0.29) is 17.6 Å². The van der Waals surface area contributed by atoms with Gasteiger partial charge in [0.15, 0.2) is 0 Å². The van der Waals surface area contributed by atoms with Gasteiger partial charge in [-0.3, -0.25) is 4.79 Å². The molecule has 0 aromatic rings. The fourth-order valence-corrected chi connectivity index (χ4v) is 3.67. The number of carbonyl (C=O) groups is 1. The van der Waals surface area contributed by atoms with E-state index in [9.17, 15) is 13.2 Å². The van der Waals surface area contributed by atoms with Crippen molar-refractivity contribution in [2.45, 2.75) is 32.6 Å². The van der Waals surface area contributed by atoms with E-state index < -0.39 is 10.0 Å². The van der Waals surface area contributed by atoms with E-state index in [1.54, 1.807) is 0 Å². The SMILES string of the molecule is CCCCS(=O)(=O)N1CCC(C(=O)OC)CC1. The van der Waals surface area contributed by atoms with Crippen LogP contribution in [-0.4, -0.2) is 44.6 Å². The molecule has 0 bridgehead atoms. The monoisotopic (exact) mass is 263 g/mol. The third kappa shape index (κ3) is 3.96. The summed E-state index contributed by atoms with van der Waals surface area (Å²) in [5, 5.41) is 0. The lowest BCUT2D eigenvalue weighted by molar-refractivity contribution is -0.146. The second-order valence-electron chi connectivity index (χ2n) is 4.37. The Kier molecular flexibility index (Phi) is 5.39. The molecule has 1 fully saturated rings. The molecule has 100 valence electrons. The fourth-order valence-electron chi connectivity index (χ4n) is 1.99. The number of unbranched alkanes of at least 4 members (excludes halogenated alkanes) is 1. The Bertz CT molecular complexity index is 344. The summed E-state index contributed by atoms with van der Waals surface area (Å²) in [6.45, 7) is 2.84. The summed E-state index contributed by atoms with van der Waals surface area (Å²) in [5.41, 5.74) is 0. The maximum Gasteiger partial charge on any atom is 0.308 e. The van der Waals surface area contributed by atoms with Crippen LogP contribution in [0.4, 0.5) is 0 Å². The molecule has 0 aliphatic carbocycles. The van der Waals surface area contributed by atoms with Gasteiger partial charge in [-0.15, -0.1) is 0 Å². The zero-order valence-electron chi connectivity index (χ0n) is 10.5. The maximum atomic E-state index is 11.9. The average molecular weight is 263 g/mol. The molecule has 0 atom stereocenters. The van der Waals surface area contributed by atoms with E-state index in [4.69, 9.17) is 0 Å². The normalized spacial score (nSPS) is 19.2. The van der Waals surface area contributed by atoms with Crippen LogP contribution in [0.15, 0.2) is 0 Å². The highest BCUT2D eigenvalue weighted by Gasteiger charge is 2.30. The summed E-state index contributed by atoms with van der Waals surface area (Å²) in [4.78, 5) is 11.3. The zero-order chi connectivity index (χ0) is 12.9. The van der Waals surface area contributed by atoms with E-state index in [0.717, 1.165) is 6.42 Å². The first kappa shape index (κ1) is 14.4. The molecule has 1 aliphatic heterocycles. The molecule has 0 radical (unpaired) electrons. The van der Waals surface area contributed by atoms with Gasteiger partial charge in [0.2, 0.25) is 10.0 Å². The maximum absolute atomic E-state index is 11.9. The van der Waals surface area contributed by atoms with Crippen molar-refractivity contribution < 1.29 is 17.9 Å². The van der Waals surface area contributed by atoms with Gasteiger partial charge in [-0.25, -0.2) is 12.7 Å². The van der Waals surface area contributed by atoms with E-state index in [1.165, 1.54) is 11.4 Å². The number of hydrogen-bond acceptors (Lipinski definition) is 4. The predicted octanol–water partition coefficient (Wildman–Crippen LogP) is 1.00. The zero-order valence-corrected chi connectivity index (χ0v) is 11.3. The molecular weight excluding hydrogens is 242 g/mol. The first-order chi connectivity index (χ1) is 8.01. The van der Waals surface area contributed by atoms with Gasteiger partial charge < -0.3 is 4.74 Å². The third-order valence-corrected chi connectivity index (χ3v) is 5.09. The number of carbonyl (C=O) groups excluding carboxylic acids is 1. The topological polar surface area (TPSA) is 63.7 Å². The second-order valence-corrected chi connectivity index (χ2v) is 6.45. The Morgan fingerprint density at radius 2 is 1.94 bits per heavy atom. The number of hydrogen-bond donors (Lipinski definition) is 0. The second kappa shape index (κ2) is 6.35. The molecule has 0 amide bonds. The summed E-state index contributed by atoms with van der Waals surface area (Å²) in [6.07, 6.45) is 2.70. The number of nitrogens with zero attached hydrogens (tertiary/aromatic N) is 1. The predicted molar refractivity (Wildman–Crippen MR) is 65.0 cm³/mol. The Morgan fingerprint density at radius 1 is 1.35 bits per heavy atom. The molecule has 0 spiro atoms. The summed E-state index contributed by atoms with van der Waals surface area (Å²) in [5.74, 6) is -0.153. The smallest absolute Gasteiger partial charge is 0.308 e. The van der Waals surface area contributed by atoms with Crippen LogP contribution < -0.4 is 0 Å². The fraction of sp³-hybridized carbons (Fsp3) is 0.909. The molecule has 6 heteroatoms. The lowest BCUT2D eigenvalue weighted by Gasteiger charge is -2.29. The number of esters is 1. The van der Waals surface area contributed by atoms with Gasteiger partial charge in [-0.1, -0.05) is 13.3 Å². The highest BCUT2D eigenvalue weighted by Crippen LogP contribution is 2.21. The number of piperidine rings is 1. The number of rotatable bonds is 5. The third-order valence-electron chi connectivity index (χ3n) is 3.14. The van der Waals surface area contributed by atoms with Gasteiger partial charge in [0.25, 0.3) is 0 Å². The van der Waals surface area contributed by atoms with Crippen LogP contribution in [0.25, 0.3) is 0 Å². The molecular formula is C11H21NO4S. The Hall–Kier alpha value is -0.620. The van der Waals surface area contributed by atoms with Gasteiger partial charge in [-0.05, 0) is 19.3 Å². The van der Waals surface area contributed by atoms with Crippen LogP contribution in [0.5, 0.6) is 0 Å². The molecule has 0 aromatic carbocycles. The van der Waals surface area contributed by atoms with Crippen LogP contribution >= 0.6 is 0 Å². The molecule has 0 N–H and O–H groups in total. The number of ether oxygens (including phenoxy) is 1. The highest BCUT2D eigenvalue weighted by molar-refractivity contribution is 7.89. The van der Waals surface area contributed by atoms with Crippen LogP contribution in [0.1, 0.15) is 32.6 Å². The lowest BCUT2D eigenvalue weighted by atomic mass is 9.99. The van der Waals surface area contributed by atoms with Gasteiger partial charge in [0.1, 0.15) is 0 Å². The summed E-state index contributed by atoms with van der Waals surface area (Å²) in [6, 6.07) is 0. The van der Waals surface area contributed by atoms with E-state index in [0.29, 0.717) is 32.4 Å². The van der Waals surface area contributed by atoms with Gasteiger partial charge in [0, 0.05) is 13.1 Å². The van der Waals surface area contributed by atoms with E-state index in [2.05, 4.69) is 4.74 Å². The molecule has 1 saturated heterocycles. The van der Waals surface area contributed by atoms with E-state index in [1.807, 2.05) is 6.92 Å². The average Bonchev–Trinajstić information content (AvgIpc) is 2.35. The minimum Gasteiger partial charge on any atom is -0.469 e. The van der Waals surface area contributed by atoms with Crippen LogP contribution in [-0.2, 0) is 19.6 Å². The minimum atomic E-state index is -3.12. The summed E-state index contributed by atoms with van der Waals surface area (Å²) >= 11 is 0. The van der Waals surface area contributed by atoms with Crippen LogP contribution in [0.3, 0.4) is 0 Å². The van der Waals surface area contributed by atoms with Crippen molar-refractivity contribution in [2.24, 2.45) is 5.92 Å². The highest BCUT2D eigenvalue weighted by atomic mass is 32.2. The Balaban J connectivity index is 2.49. The number of sulfonamides is 1. The van der Waals surface area contributed by atoms with Crippen LogP contribution in [0, 0.1) is 5.92 Å². The van der Waals surface area contributed by atoms with Crippen molar-refractivity contribution in [3.05, 3.63) is 0 Å². The van der Waals surface area contributed by atoms with Crippen LogP contribution in [0.2, 0.25) is 0 Å². The molecule has 0 unspecified atom stereocenters. The first-order valence-electron chi connectivity index (χ1n) is 6.07. The Labute approximate surface area is 103 Å². The quantitative estimate of drug-likeness (QED) is 0.694. The molecule has 0 aromatic heterocycles. The molecule has 5 nitrogen and oxygen atoms in total. The minimum absolute atomic E-state index is 0.141. The molecule has 17 heavy (non-hydrogen) atoms. The van der Waals surface area contributed by atoms with Gasteiger partial charge >= 0.3 is 5.97 Å². The summed E-state index contributed by atoms with van der Waals surface area (Å²) in [7, 11) is -1.75. The molecule has 1 rings (SSSR count). The standard InChI is InChI=1S/C11H21NO4S/c1-3-4-9-17(14,15)12-7-5-10(6-8-12)11(13)16-2/h10H,3-9H2,1-2H3. The lowest BCUT2D eigenvalue weighted by Crippen LogP contribution is -2.41. The molecule has 0 saturated carbocycles. The first-order valence-corrected chi connectivity index (χ1v) is 7.67. The van der Waals surface area contributed by atoms with Gasteiger partial charge in [-0.2, -0.15) is 0 Å². The molecule has 1 aliphatic rings. The van der Waals surface area contributed by atoms with Crippen molar-refractivity contribution >= 4 is 16.0 Å². The molecule has 1 heterocycles. The van der Waals surface area contributed by atoms with Gasteiger partial charge in [0.05, 0.1) is 18.8 Å². The largest absolute Gasteiger partial charge is 0.469 e. The summed E-state index contributed by atoms with van der Waals surface area (Å²) < 4.78 is 30.0. The number of methoxy groups -OCH3 is 1. The van der Waals surface area contributed by atoms with Crippen molar-refractivity contribution in [2.75, 3.05) is 26.0 Å². The van der Waals surface area contributed by atoms with Crippen molar-refractivity contribution in [1.29, 1.82) is 0 Å². The van der Waals surface area contributed by atoms with Crippen molar-refractivity contribution in [1.82, 2.24) is 4.31 Å². The Morgan fingerprint density at radius 3 is 2.41 bits per heavy atom.